The molecule has 1 saturated carbocycles. The first-order valence-corrected chi connectivity index (χ1v) is 16.7. The van der Waals surface area contributed by atoms with Crippen LogP contribution >= 0.6 is 0 Å². The largest absolute Gasteiger partial charge is 0.490 e. The van der Waals surface area contributed by atoms with Crippen LogP contribution in [0.25, 0.3) is 0 Å². The fraction of sp³-hybridized carbons (Fsp3) is 0.629. The highest BCUT2D eigenvalue weighted by Crippen LogP contribution is 2.29. The van der Waals surface area contributed by atoms with E-state index in [0.717, 1.165) is 51.5 Å². The molecule has 3 amide bonds. The lowest BCUT2D eigenvalue weighted by Gasteiger charge is -2.36. The Kier molecular flexibility index (Phi) is 13.5. The number of rotatable bonds is 8. The first kappa shape index (κ1) is 34.7. The second kappa shape index (κ2) is 17.5. The van der Waals surface area contributed by atoms with Gasteiger partial charge in [-0.15, -0.1) is 0 Å². The lowest BCUT2D eigenvalue weighted by molar-refractivity contribution is -0.0177. The van der Waals surface area contributed by atoms with Crippen LogP contribution < -0.4 is 15.4 Å². The van der Waals surface area contributed by atoms with Crippen molar-refractivity contribution in [1.29, 1.82) is 0 Å². The fourth-order valence-corrected chi connectivity index (χ4v) is 6.23. The van der Waals surface area contributed by atoms with Crippen molar-refractivity contribution < 1.29 is 24.2 Å². The third-order valence-corrected chi connectivity index (χ3v) is 8.94. The third kappa shape index (κ3) is 10.7. The number of urea groups is 1. The van der Waals surface area contributed by atoms with Crippen LogP contribution in [0.15, 0.2) is 42.7 Å². The zero-order valence-corrected chi connectivity index (χ0v) is 27.5. The molecule has 1 fully saturated rings. The molecule has 2 aromatic rings. The number of aliphatic hydroxyl groups is 1. The maximum absolute atomic E-state index is 14.3. The molecule has 1 aromatic carbocycles. The molecule has 1 aliphatic heterocycles. The molecular weight excluding hydrogens is 570 g/mol. The molecule has 0 saturated heterocycles. The summed E-state index contributed by atoms with van der Waals surface area (Å²) in [7, 11) is 2.08. The van der Waals surface area contributed by atoms with Crippen molar-refractivity contribution in [2.75, 3.05) is 38.7 Å². The first-order chi connectivity index (χ1) is 21.7. The number of fused-ring (bicyclic) bond motifs is 1. The van der Waals surface area contributed by atoms with E-state index in [1.165, 1.54) is 12.0 Å². The minimum absolute atomic E-state index is 0.0170. The van der Waals surface area contributed by atoms with E-state index in [9.17, 15) is 14.7 Å². The molecule has 0 spiro atoms. The van der Waals surface area contributed by atoms with Gasteiger partial charge >= 0.3 is 6.03 Å². The van der Waals surface area contributed by atoms with Crippen molar-refractivity contribution in [3.63, 3.8) is 0 Å². The average Bonchev–Trinajstić information content (AvgIpc) is 3.03. The van der Waals surface area contributed by atoms with Gasteiger partial charge in [-0.05, 0) is 88.9 Å². The monoisotopic (exact) mass is 623 g/mol. The van der Waals surface area contributed by atoms with Gasteiger partial charge in [-0.2, -0.15) is 0 Å². The van der Waals surface area contributed by atoms with Crippen molar-refractivity contribution in [1.82, 2.24) is 20.1 Å². The number of hydrogen-bond donors (Lipinski definition) is 3. The molecule has 0 unspecified atom stereocenters. The van der Waals surface area contributed by atoms with E-state index in [2.05, 4.69) is 34.5 Å². The van der Waals surface area contributed by atoms with Gasteiger partial charge in [-0.25, -0.2) is 4.79 Å². The summed E-state index contributed by atoms with van der Waals surface area (Å²) in [5.41, 5.74) is 2.07. The molecule has 1 aliphatic carbocycles. The van der Waals surface area contributed by atoms with Crippen LogP contribution in [0.4, 0.5) is 10.5 Å². The van der Waals surface area contributed by atoms with E-state index in [-0.39, 0.29) is 42.7 Å². The number of aromatic nitrogens is 1. The molecule has 2 heterocycles. The summed E-state index contributed by atoms with van der Waals surface area (Å²) in [5.74, 6) is 0.218. The molecule has 248 valence electrons. The van der Waals surface area contributed by atoms with Gasteiger partial charge in [-0.1, -0.05) is 26.2 Å². The summed E-state index contributed by atoms with van der Waals surface area (Å²) in [5, 5.41) is 16.2. The van der Waals surface area contributed by atoms with Crippen molar-refractivity contribution >= 4 is 17.6 Å². The topological polar surface area (TPSA) is 116 Å². The molecule has 3 N–H and O–H groups in total. The third-order valence-electron chi connectivity index (χ3n) is 8.94. The summed E-state index contributed by atoms with van der Waals surface area (Å²) in [6, 6.07) is 8.76. The lowest BCUT2D eigenvalue weighted by atomic mass is 9.96. The van der Waals surface area contributed by atoms with Crippen LogP contribution in [0.2, 0.25) is 0 Å². The summed E-state index contributed by atoms with van der Waals surface area (Å²) < 4.78 is 12.8. The smallest absolute Gasteiger partial charge is 0.319 e. The van der Waals surface area contributed by atoms with Crippen LogP contribution in [-0.2, 0) is 11.3 Å². The number of aliphatic hydroxyl groups excluding tert-OH is 1. The number of ether oxygens (including phenoxy) is 2. The van der Waals surface area contributed by atoms with Gasteiger partial charge in [0, 0.05) is 56.3 Å². The molecule has 10 nitrogen and oxygen atoms in total. The quantitative estimate of drug-likeness (QED) is 0.358. The number of likely N-dealkylation sites (N-methyl/N-ethyl adjacent to an activating group) is 1. The Bertz CT molecular complexity index is 1210. The minimum atomic E-state index is -0.431. The van der Waals surface area contributed by atoms with E-state index < -0.39 is 6.04 Å². The van der Waals surface area contributed by atoms with Gasteiger partial charge in [0.2, 0.25) is 0 Å². The van der Waals surface area contributed by atoms with Gasteiger partial charge in [0.05, 0.1) is 30.4 Å². The Balaban J connectivity index is 1.56. The lowest BCUT2D eigenvalue weighted by Crippen LogP contribution is -2.47. The van der Waals surface area contributed by atoms with Crippen molar-refractivity contribution in [3.8, 4) is 5.75 Å². The summed E-state index contributed by atoms with van der Waals surface area (Å²) in [6.07, 6.45) is 11.5. The number of amides is 3. The van der Waals surface area contributed by atoms with Gasteiger partial charge in [0.25, 0.3) is 5.91 Å². The van der Waals surface area contributed by atoms with Crippen molar-refractivity contribution in [2.45, 2.75) is 103 Å². The number of carbonyl (C=O) groups excluding carboxylic acids is 2. The van der Waals surface area contributed by atoms with E-state index in [0.29, 0.717) is 36.7 Å². The predicted octanol–water partition coefficient (Wildman–Crippen LogP) is 5.46. The molecule has 0 radical (unpaired) electrons. The summed E-state index contributed by atoms with van der Waals surface area (Å²) >= 11 is 0. The zero-order valence-electron chi connectivity index (χ0n) is 27.5. The van der Waals surface area contributed by atoms with Crippen LogP contribution in [0, 0.1) is 5.92 Å². The van der Waals surface area contributed by atoms with Crippen LogP contribution in [0.1, 0.15) is 88.1 Å². The van der Waals surface area contributed by atoms with E-state index in [1.807, 2.05) is 26.0 Å². The van der Waals surface area contributed by atoms with Crippen LogP contribution in [0.3, 0.4) is 0 Å². The number of nitrogens with one attached hydrogen (secondary N) is 2. The SMILES string of the molecule is C[C@H]1CCCCO[C@H](CN(C)Cc2ccncc2)[C@@H](C)CN([C@@H](C)CO)C(=O)c2cc(NC(=O)NC3CCCCC3)ccc2O1. The highest BCUT2D eigenvalue weighted by Gasteiger charge is 2.30. The Hall–Kier alpha value is -3.21. The molecule has 4 rings (SSSR count). The van der Waals surface area contributed by atoms with Crippen molar-refractivity contribution in [3.05, 3.63) is 53.9 Å². The Morgan fingerprint density at radius 2 is 1.82 bits per heavy atom. The zero-order chi connectivity index (χ0) is 32.2. The molecule has 1 aromatic heterocycles. The normalized spacial score (nSPS) is 23.0. The van der Waals surface area contributed by atoms with E-state index in [1.54, 1.807) is 35.5 Å². The Morgan fingerprint density at radius 1 is 1.09 bits per heavy atom. The highest BCUT2D eigenvalue weighted by molar-refractivity contribution is 5.99. The molecule has 45 heavy (non-hydrogen) atoms. The second-order valence-corrected chi connectivity index (χ2v) is 13.0. The molecule has 4 atom stereocenters. The standard InChI is InChI=1S/C35H53N5O5/c1-25-21-40(26(2)24-41)34(42)31-20-30(38-35(43)37-29-11-6-5-7-12-29)13-14-32(31)45-27(3)10-8-9-19-44-33(25)23-39(4)22-28-15-17-36-18-16-28/h13-18,20,25-27,29,33,41H,5-12,19,21-24H2,1-4H3,(H2,37,38,43)/t25-,26-,27-,33+/m0/s1. The van der Waals surface area contributed by atoms with Gasteiger partial charge < -0.3 is 30.1 Å². The Morgan fingerprint density at radius 3 is 2.56 bits per heavy atom. The number of benzene rings is 1. The van der Waals surface area contributed by atoms with E-state index in [4.69, 9.17) is 9.47 Å². The summed E-state index contributed by atoms with van der Waals surface area (Å²) in [4.78, 5) is 35.3. The fourth-order valence-electron chi connectivity index (χ4n) is 6.23. The van der Waals surface area contributed by atoms with Gasteiger partial charge in [0.15, 0.2) is 0 Å². The number of anilines is 1. The number of nitrogens with zero attached hydrogens (tertiary/aromatic N) is 3. The molecular formula is C35H53N5O5. The van der Waals surface area contributed by atoms with Crippen LogP contribution in [0.5, 0.6) is 5.75 Å². The highest BCUT2D eigenvalue weighted by atomic mass is 16.5. The maximum Gasteiger partial charge on any atom is 0.319 e. The summed E-state index contributed by atoms with van der Waals surface area (Å²) in [6.45, 7) is 8.26. The van der Waals surface area contributed by atoms with Gasteiger partial charge in [-0.3, -0.25) is 14.7 Å². The second-order valence-electron chi connectivity index (χ2n) is 13.0. The minimum Gasteiger partial charge on any atom is -0.490 e. The van der Waals surface area contributed by atoms with E-state index >= 15 is 0 Å². The van der Waals surface area contributed by atoms with Crippen LogP contribution in [-0.4, -0.2) is 89.5 Å². The van der Waals surface area contributed by atoms with Crippen molar-refractivity contribution in [2.24, 2.45) is 5.92 Å². The number of pyridine rings is 1. The maximum atomic E-state index is 14.3. The molecule has 0 bridgehead atoms. The Labute approximate surface area is 268 Å². The number of carbonyl (C=O) groups is 2. The number of hydrogen-bond acceptors (Lipinski definition) is 7. The van der Waals surface area contributed by atoms with Gasteiger partial charge in [0.1, 0.15) is 5.75 Å². The average molecular weight is 624 g/mol. The molecule has 10 heteroatoms. The molecule has 2 aliphatic rings. The first-order valence-electron chi connectivity index (χ1n) is 16.7. The predicted molar refractivity (Wildman–Crippen MR) is 176 cm³/mol.